The number of carboxylic acids is 1. The number of hydrogen-bond acceptors (Lipinski definition) is 2. The largest absolute Gasteiger partial charge is 0.481 e. The highest BCUT2D eigenvalue weighted by Gasteiger charge is 2.22. The molecule has 0 aromatic carbocycles. The molecule has 0 aromatic rings. The molecule has 0 amide bonds. The average Bonchev–Trinajstić information content (AvgIpc) is 2.22. The van der Waals surface area contributed by atoms with Gasteiger partial charge in [0.15, 0.2) is 0 Å². The Morgan fingerprint density at radius 3 is 2.13 bits per heavy atom. The highest BCUT2D eigenvalue weighted by Crippen LogP contribution is 2.16. The summed E-state index contributed by atoms with van der Waals surface area (Å²) in [7, 11) is 0. The first-order chi connectivity index (χ1) is 7.17. The monoisotopic (exact) mass is 212 g/mol. The van der Waals surface area contributed by atoms with E-state index in [1.54, 1.807) is 12.2 Å². The number of aliphatic hydroxyl groups excluding tert-OH is 1. The zero-order valence-corrected chi connectivity index (χ0v) is 9.39. The number of carboxylic acid groups (broad SMARTS) is 1. The van der Waals surface area contributed by atoms with Gasteiger partial charge in [0.1, 0.15) is 0 Å². The lowest BCUT2D eigenvalue weighted by molar-refractivity contribution is -0.141. The SMILES string of the molecule is CC/C=C/[C@H](CO)[C@H](/C=C/CC)C(=O)O. The third-order valence-corrected chi connectivity index (χ3v) is 2.16. The molecule has 0 radical (unpaired) electrons. The lowest BCUT2D eigenvalue weighted by atomic mass is 9.91. The summed E-state index contributed by atoms with van der Waals surface area (Å²) in [5.41, 5.74) is 0. The molecule has 0 bridgehead atoms. The number of carbonyl (C=O) groups is 1. The Kier molecular flexibility index (Phi) is 7.64. The minimum atomic E-state index is -0.889. The molecule has 3 heteroatoms. The number of rotatable bonds is 7. The molecule has 0 aliphatic rings. The van der Waals surface area contributed by atoms with Crippen molar-refractivity contribution in [2.24, 2.45) is 11.8 Å². The van der Waals surface area contributed by atoms with Crippen LogP contribution in [-0.4, -0.2) is 22.8 Å². The third kappa shape index (κ3) is 5.37. The van der Waals surface area contributed by atoms with Crippen LogP contribution in [0.25, 0.3) is 0 Å². The van der Waals surface area contributed by atoms with Crippen LogP contribution in [0.4, 0.5) is 0 Å². The molecule has 0 aliphatic carbocycles. The Bertz CT molecular complexity index is 231. The Morgan fingerprint density at radius 2 is 1.73 bits per heavy atom. The van der Waals surface area contributed by atoms with Crippen LogP contribution in [-0.2, 0) is 4.79 Å². The maximum Gasteiger partial charge on any atom is 0.311 e. The van der Waals surface area contributed by atoms with E-state index in [0.717, 1.165) is 12.8 Å². The molecule has 0 heterocycles. The van der Waals surface area contributed by atoms with Gasteiger partial charge >= 0.3 is 5.97 Å². The van der Waals surface area contributed by atoms with Gasteiger partial charge in [0.2, 0.25) is 0 Å². The van der Waals surface area contributed by atoms with E-state index in [-0.39, 0.29) is 12.5 Å². The molecule has 0 aliphatic heterocycles. The van der Waals surface area contributed by atoms with Gasteiger partial charge in [-0.2, -0.15) is 0 Å². The second-order valence-electron chi connectivity index (χ2n) is 3.38. The van der Waals surface area contributed by atoms with E-state index >= 15 is 0 Å². The average molecular weight is 212 g/mol. The van der Waals surface area contributed by atoms with E-state index in [1.165, 1.54) is 0 Å². The quantitative estimate of drug-likeness (QED) is 0.636. The van der Waals surface area contributed by atoms with E-state index in [1.807, 2.05) is 26.0 Å². The van der Waals surface area contributed by atoms with Crippen molar-refractivity contribution in [2.75, 3.05) is 6.61 Å². The fourth-order valence-corrected chi connectivity index (χ4v) is 1.30. The summed E-state index contributed by atoms with van der Waals surface area (Å²) in [4.78, 5) is 11.0. The summed E-state index contributed by atoms with van der Waals surface area (Å²) in [6, 6.07) is 0. The minimum Gasteiger partial charge on any atom is -0.481 e. The van der Waals surface area contributed by atoms with E-state index in [2.05, 4.69) is 0 Å². The van der Waals surface area contributed by atoms with Crippen molar-refractivity contribution in [3.8, 4) is 0 Å². The normalized spacial score (nSPS) is 15.9. The van der Waals surface area contributed by atoms with Crippen LogP contribution in [0.2, 0.25) is 0 Å². The molecular formula is C12H20O3. The van der Waals surface area contributed by atoms with Crippen molar-refractivity contribution in [1.82, 2.24) is 0 Å². The number of hydrogen-bond donors (Lipinski definition) is 2. The maximum absolute atomic E-state index is 11.0. The van der Waals surface area contributed by atoms with Crippen LogP contribution in [0.3, 0.4) is 0 Å². The van der Waals surface area contributed by atoms with Crippen molar-refractivity contribution >= 4 is 5.97 Å². The summed E-state index contributed by atoms with van der Waals surface area (Å²) in [5.74, 6) is -1.84. The second kappa shape index (κ2) is 8.24. The first-order valence-corrected chi connectivity index (χ1v) is 5.34. The van der Waals surface area contributed by atoms with Crippen molar-refractivity contribution in [1.29, 1.82) is 0 Å². The Balaban J connectivity index is 4.62. The van der Waals surface area contributed by atoms with Crippen LogP contribution < -0.4 is 0 Å². The van der Waals surface area contributed by atoms with Gasteiger partial charge in [0.25, 0.3) is 0 Å². The van der Waals surface area contributed by atoms with Crippen molar-refractivity contribution in [3.05, 3.63) is 24.3 Å². The van der Waals surface area contributed by atoms with Crippen LogP contribution in [0.15, 0.2) is 24.3 Å². The molecule has 0 saturated carbocycles. The molecule has 0 spiro atoms. The summed E-state index contributed by atoms with van der Waals surface area (Å²) in [6.45, 7) is 3.79. The predicted octanol–water partition coefficient (Wildman–Crippen LogP) is 2.23. The third-order valence-electron chi connectivity index (χ3n) is 2.16. The molecule has 0 rings (SSSR count). The highest BCUT2D eigenvalue weighted by molar-refractivity contribution is 5.72. The van der Waals surface area contributed by atoms with Crippen molar-refractivity contribution in [3.63, 3.8) is 0 Å². The Morgan fingerprint density at radius 1 is 1.20 bits per heavy atom. The van der Waals surface area contributed by atoms with Crippen LogP contribution in [0, 0.1) is 11.8 Å². The molecule has 15 heavy (non-hydrogen) atoms. The van der Waals surface area contributed by atoms with Gasteiger partial charge in [-0.25, -0.2) is 0 Å². The highest BCUT2D eigenvalue weighted by atomic mass is 16.4. The summed E-state index contributed by atoms with van der Waals surface area (Å²) < 4.78 is 0. The van der Waals surface area contributed by atoms with Crippen LogP contribution >= 0.6 is 0 Å². The molecule has 2 N–H and O–H groups in total. The van der Waals surface area contributed by atoms with Gasteiger partial charge in [-0.3, -0.25) is 4.79 Å². The first-order valence-electron chi connectivity index (χ1n) is 5.34. The molecule has 0 aromatic heterocycles. The second-order valence-corrected chi connectivity index (χ2v) is 3.38. The molecule has 3 nitrogen and oxygen atoms in total. The molecular weight excluding hydrogens is 192 g/mol. The fourth-order valence-electron chi connectivity index (χ4n) is 1.30. The molecule has 86 valence electrons. The molecule has 0 fully saturated rings. The van der Waals surface area contributed by atoms with Gasteiger partial charge < -0.3 is 10.2 Å². The Hall–Kier alpha value is -1.09. The van der Waals surface area contributed by atoms with Gasteiger partial charge in [0.05, 0.1) is 12.5 Å². The fraction of sp³-hybridized carbons (Fsp3) is 0.583. The lowest BCUT2D eigenvalue weighted by Crippen LogP contribution is -2.23. The summed E-state index contributed by atoms with van der Waals surface area (Å²) in [6.07, 6.45) is 8.79. The predicted molar refractivity (Wildman–Crippen MR) is 60.6 cm³/mol. The standard InChI is InChI=1S/C12H20O3/c1-3-5-7-10(9-13)11(12(14)15)8-6-4-2/h5-8,10-11,13H,3-4,9H2,1-2H3,(H,14,15)/b7-5+,8-6+/t10-,11+/m1/s1. The van der Waals surface area contributed by atoms with Gasteiger partial charge in [0, 0.05) is 5.92 Å². The smallest absolute Gasteiger partial charge is 0.311 e. The van der Waals surface area contributed by atoms with Crippen LogP contribution in [0.1, 0.15) is 26.7 Å². The molecule has 2 atom stereocenters. The van der Waals surface area contributed by atoms with E-state index < -0.39 is 11.9 Å². The lowest BCUT2D eigenvalue weighted by Gasteiger charge is -2.15. The van der Waals surface area contributed by atoms with Gasteiger partial charge in [-0.05, 0) is 12.8 Å². The maximum atomic E-state index is 11.0. The minimum absolute atomic E-state index is 0.137. The van der Waals surface area contributed by atoms with Crippen LogP contribution in [0.5, 0.6) is 0 Å². The first kappa shape index (κ1) is 13.9. The molecule has 0 unspecified atom stereocenters. The van der Waals surface area contributed by atoms with Gasteiger partial charge in [-0.15, -0.1) is 0 Å². The zero-order chi connectivity index (χ0) is 11.7. The van der Waals surface area contributed by atoms with Crippen molar-refractivity contribution < 1.29 is 15.0 Å². The summed E-state index contributed by atoms with van der Waals surface area (Å²) >= 11 is 0. The molecule has 0 saturated heterocycles. The summed E-state index contributed by atoms with van der Waals surface area (Å²) in [5, 5.41) is 18.1. The van der Waals surface area contributed by atoms with Crippen molar-refractivity contribution in [2.45, 2.75) is 26.7 Å². The van der Waals surface area contributed by atoms with E-state index in [0.29, 0.717) is 0 Å². The number of allylic oxidation sites excluding steroid dienone is 2. The Labute approximate surface area is 91.1 Å². The van der Waals surface area contributed by atoms with E-state index in [9.17, 15) is 4.79 Å². The number of aliphatic hydroxyl groups is 1. The zero-order valence-electron chi connectivity index (χ0n) is 9.39. The van der Waals surface area contributed by atoms with Gasteiger partial charge in [-0.1, -0.05) is 38.2 Å². The number of aliphatic carboxylic acids is 1. The van der Waals surface area contributed by atoms with E-state index in [4.69, 9.17) is 10.2 Å². The topological polar surface area (TPSA) is 57.5 Å².